The Kier molecular flexibility index (Phi) is 5.11. The highest BCUT2D eigenvalue weighted by Crippen LogP contribution is 2.36. The lowest BCUT2D eigenvalue weighted by molar-refractivity contribution is -0.0306. The smallest absolute Gasteiger partial charge is 0.243 e. The van der Waals surface area contributed by atoms with Crippen molar-refractivity contribution in [3.8, 4) is 5.75 Å². The fourth-order valence-corrected chi connectivity index (χ4v) is 5.73. The summed E-state index contributed by atoms with van der Waals surface area (Å²) in [7, 11) is -2.26. The zero-order chi connectivity index (χ0) is 19.9. The number of fused-ring (bicyclic) bond motifs is 1. The molecule has 2 aromatic carbocycles. The van der Waals surface area contributed by atoms with Gasteiger partial charge < -0.3 is 4.74 Å². The molecule has 0 unspecified atom stereocenters. The van der Waals surface area contributed by atoms with Gasteiger partial charge in [-0.2, -0.15) is 4.31 Å². The average molecular weight is 408 g/mol. The number of hydrogen-bond donors (Lipinski definition) is 0. The standard InChI is InChI=1S/C20H22F2N2O3S/c1-27-18-4-2-3-14(7-18)11-23-12-15-13-24(6-5-20(15)23)28(25,26)19-9-16(21)8-17(22)10-19/h2-4,7-10,15,20H,5-6,11-13H2,1H3/t15-,20-/m1/s1. The third-order valence-corrected chi connectivity index (χ3v) is 7.43. The second-order valence-corrected chi connectivity index (χ2v) is 9.30. The number of rotatable bonds is 5. The van der Waals surface area contributed by atoms with Crippen LogP contribution in [0.4, 0.5) is 8.78 Å². The Morgan fingerprint density at radius 3 is 2.54 bits per heavy atom. The predicted octanol–water partition coefficient (Wildman–Crippen LogP) is 2.87. The number of benzene rings is 2. The fraction of sp³-hybridized carbons (Fsp3) is 0.400. The minimum absolute atomic E-state index is 0.229. The SMILES string of the molecule is COc1cccc(CN2C[C@@H]3CN(S(=O)(=O)c4cc(F)cc(F)c4)CC[C@H]32)c1. The molecular weight excluding hydrogens is 386 g/mol. The summed E-state index contributed by atoms with van der Waals surface area (Å²) in [6.07, 6.45) is 0.700. The van der Waals surface area contributed by atoms with E-state index in [-0.39, 0.29) is 10.8 Å². The average Bonchev–Trinajstić information content (AvgIpc) is 2.65. The molecule has 2 aliphatic heterocycles. The maximum atomic E-state index is 13.4. The summed E-state index contributed by atoms with van der Waals surface area (Å²) in [5.74, 6) is -0.728. The van der Waals surface area contributed by atoms with Crippen LogP contribution in [0.15, 0.2) is 47.4 Å². The minimum atomic E-state index is -3.90. The molecule has 0 saturated carbocycles. The van der Waals surface area contributed by atoms with E-state index < -0.39 is 21.7 Å². The van der Waals surface area contributed by atoms with Crippen molar-refractivity contribution in [2.45, 2.75) is 23.9 Å². The van der Waals surface area contributed by atoms with E-state index in [4.69, 9.17) is 4.74 Å². The summed E-state index contributed by atoms with van der Waals surface area (Å²) in [6.45, 7) is 2.31. The van der Waals surface area contributed by atoms with Gasteiger partial charge in [0.15, 0.2) is 0 Å². The van der Waals surface area contributed by atoms with Crippen molar-refractivity contribution >= 4 is 10.0 Å². The van der Waals surface area contributed by atoms with Crippen molar-refractivity contribution in [1.29, 1.82) is 0 Å². The molecule has 2 saturated heterocycles. The largest absolute Gasteiger partial charge is 0.497 e. The molecule has 0 radical (unpaired) electrons. The molecule has 2 aliphatic rings. The quantitative estimate of drug-likeness (QED) is 0.764. The van der Waals surface area contributed by atoms with Crippen LogP contribution in [0.5, 0.6) is 5.75 Å². The molecule has 2 heterocycles. The van der Waals surface area contributed by atoms with E-state index in [1.54, 1.807) is 7.11 Å². The Labute approximate surface area is 163 Å². The van der Waals surface area contributed by atoms with Crippen molar-refractivity contribution in [3.05, 3.63) is 59.7 Å². The molecule has 150 valence electrons. The lowest BCUT2D eigenvalue weighted by Crippen LogP contribution is -2.63. The van der Waals surface area contributed by atoms with E-state index in [9.17, 15) is 17.2 Å². The van der Waals surface area contributed by atoms with Gasteiger partial charge in [0.1, 0.15) is 17.4 Å². The first-order chi connectivity index (χ1) is 13.4. The monoisotopic (exact) mass is 408 g/mol. The van der Waals surface area contributed by atoms with Crippen LogP contribution in [-0.4, -0.2) is 50.4 Å². The van der Waals surface area contributed by atoms with Crippen LogP contribution < -0.4 is 4.74 Å². The molecule has 28 heavy (non-hydrogen) atoms. The van der Waals surface area contributed by atoms with Gasteiger partial charge in [-0.1, -0.05) is 12.1 Å². The molecule has 2 atom stereocenters. The maximum absolute atomic E-state index is 13.4. The van der Waals surface area contributed by atoms with Crippen LogP contribution >= 0.6 is 0 Å². The van der Waals surface area contributed by atoms with Gasteiger partial charge in [-0.3, -0.25) is 4.90 Å². The molecule has 4 rings (SSSR count). The molecular formula is C20H22F2N2O3S. The topological polar surface area (TPSA) is 49.9 Å². The Bertz CT molecular complexity index is 963. The van der Waals surface area contributed by atoms with Crippen LogP contribution in [0.1, 0.15) is 12.0 Å². The number of sulfonamides is 1. The zero-order valence-corrected chi connectivity index (χ0v) is 16.3. The highest BCUT2D eigenvalue weighted by molar-refractivity contribution is 7.89. The van der Waals surface area contributed by atoms with Crippen LogP contribution in [-0.2, 0) is 16.6 Å². The Balaban J connectivity index is 1.42. The molecule has 2 fully saturated rings. The first-order valence-corrected chi connectivity index (χ1v) is 10.6. The summed E-state index contributed by atoms with van der Waals surface area (Å²) in [4.78, 5) is 2.02. The first kappa shape index (κ1) is 19.3. The molecule has 0 aliphatic carbocycles. The van der Waals surface area contributed by atoms with Crippen LogP contribution in [0.25, 0.3) is 0 Å². The molecule has 0 spiro atoms. The lowest BCUT2D eigenvalue weighted by atomic mass is 9.83. The van der Waals surface area contributed by atoms with Gasteiger partial charge in [-0.25, -0.2) is 17.2 Å². The summed E-state index contributed by atoms with van der Waals surface area (Å²) in [5, 5.41) is 0. The molecule has 0 N–H and O–H groups in total. The first-order valence-electron chi connectivity index (χ1n) is 9.20. The van der Waals surface area contributed by atoms with Gasteiger partial charge in [0.25, 0.3) is 0 Å². The fourth-order valence-electron chi connectivity index (χ4n) is 4.18. The Hall–Kier alpha value is -2.03. The van der Waals surface area contributed by atoms with E-state index in [0.717, 1.165) is 36.5 Å². The summed E-state index contributed by atoms with van der Waals surface area (Å²) in [5.41, 5.74) is 1.16. The number of ether oxygens (including phenoxy) is 1. The Morgan fingerprint density at radius 2 is 1.86 bits per heavy atom. The number of methoxy groups -OCH3 is 1. The molecule has 8 heteroatoms. The van der Waals surface area contributed by atoms with Crippen molar-refractivity contribution in [2.24, 2.45) is 5.92 Å². The Morgan fingerprint density at radius 1 is 1.11 bits per heavy atom. The van der Waals surface area contributed by atoms with Crippen LogP contribution in [0, 0.1) is 17.6 Å². The molecule has 2 aromatic rings. The molecule has 0 aromatic heterocycles. The van der Waals surface area contributed by atoms with Gasteiger partial charge in [-0.15, -0.1) is 0 Å². The van der Waals surface area contributed by atoms with Gasteiger partial charge in [0.05, 0.1) is 12.0 Å². The molecule has 5 nitrogen and oxygen atoms in total. The third kappa shape index (κ3) is 3.64. The number of likely N-dealkylation sites (tertiary alicyclic amines) is 1. The van der Waals surface area contributed by atoms with Crippen LogP contribution in [0.3, 0.4) is 0 Å². The number of nitrogens with zero attached hydrogens (tertiary/aromatic N) is 2. The number of hydrogen-bond acceptors (Lipinski definition) is 4. The van der Waals surface area contributed by atoms with E-state index in [0.29, 0.717) is 31.6 Å². The highest BCUT2D eigenvalue weighted by atomic mass is 32.2. The second kappa shape index (κ2) is 7.42. The van der Waals surface area contributed by atoms with Gasteiger partial charge >= 0.3 is 0 Å². The van der Waals surface area contributed by atoms with Crippen molar-refractivity contribution in [3.63, 3.8) is 0 Å². The third-order valence-electron chi connectivity index (χ3n) is 5.59. The van der Waals surface area contributed by atoms with Crippen molar-refractivity contribution < 1.29 is 21.9 Å². The minimum Gasteiger partial charge on any atom is -0.497 e. The summed E-state index contributed by atoms with van der Waals surface area (Å²) in [6, 6.07) is 10.7. The van der Waals surface area contributed by atoms with E-state index in [1.165, 1.54) is 4.31 Å². The van der Waals surface area contributed by atoms with Crippen molar-refractivity contribution in [1.82, 2.24) is 9.21 Å². The molecule has 0 bridgehead atoms. The number of halogens is 2. The zero-order valence-electron chi connectivity index (χ0n) is 15.5. The summed E-state index contributed by atoms with van der Waals surface area (Å²) < 4.78 is 59.1. The van der Waals surface area contributed by atoms with Gasteiger partial charge in [-0.05, 0) is 36.2 Å². The maximum Gasteiger partial charge on any atom is 0.243 e. The van der Waals surface area contributed by atoms with E-state index >= 15 is 0 Å². The van der Waals surface area contributed by atoms with E-state index in [2.05, 4.69) is 4.90 Å². The lowest BCUT2D eigenvalue weighted by Gasteiger charge is -2.53. The number of piperidine rings is 1. The normalized spacial score (nSPS) is 23.1. The highest BCUT2D eigenvalue weighted by Gasteiger charge is 2.45. The predicted molar refractivity (Wildman–Crippen MR) is 100 cm³/mol. The summed E-state index contributed by atoms with van der Waals surface area (Å²) >= 11 is 0. The second-order valence-electron chi connectivity index (χ2n) is 7.37. The van der Waals surface area contributed by atoms with E-state index in [1.807, 2.05) is 24.3 Å². The van der Waals surface area contributed by atoms with Crippen LogP contribution in [0.2, 0.25) is 0 Å². The van der Waals surface area contributed by atoms with Gasteiger partial charge in [0, 0.05) is 44.2 Å². The van der Waals surface area contributed by atoms with Crippen molar-refractivity contribution in [2.75, 3.05) is 26.7 Å². The van der Waals surface area contributed by atoms with Gasteiger partial charge in [0.2, 0.25) is 10.0 Å². The molecule has 0 amide bonds.